The molecule has 2 bridgehead atoms. The minimum atomic E-state index is 0.305. The van der Waals surface area contributed by atoms with Gasteiger partial charge >= 0.3 is 0 Å². The average molecular weight is 421 g/mol. The molecule has 1 unspecified atom stereocenters. The molecule has 0 aliphatic carbocycles. The van der Waals surface area contributed by atoms with Gasteiger partial charge in [-0.2, -0.15) is 0 Å². The minimum absolute atomic E-state index is 0.305. The van der Waals surface area contributed by atoms with Gasteiger partial charge in [-0.15, -0.1) is 0 Å². The molecule has 1 aromatic heterocycles. The molecule has 2 aliphatic heterocycles. The highest BCUT2D eigenvalue weighted by Gasteiger charge is 2.47. The van der Waals surface area contributed by atoms with Gasteiger partial charge in [0.15, 0.2) is 0 Å². The molecule has 0 amide bonds. The second-order valence-corrected chi connectivity index (χ2v) is 9.04. The first kappa shape index (κ1) is 17.8. The lowest BCUT2D eigenvalue weighted by Crippen LogP contribution is -2.44. The van der Waals surface area contributed by atoms with E-state index < -0.39 is 0 Å². The maximum absolute atomic E-state index is 6.21. The molecule has 2 aromatic carbocycles. The minimum Gasteiger partial charge on any atom is -0.342 e. The Kier molecular flexibility index (Phi) is 4.40. The van der Waals surface area contributed by atoms with Crippen molar-refractivity contribution in [1.29, 1.82) is 0 Å². The fourth-order valence-corrected chi connectivity index (χ4v) is 5.52. The largest absolute Gasteiger partial charge is 0.342 e. The Labute approximate surface area is 173 Å². The summed E-state index contributed by atoms with van der Waals surface area (Å²) in [7, 11) is 2.25. The summed E-state index contributed by atoms with van der Waals surface area (Å²) in [6.45, 7) is 0. The van der Waals surface area contributed by atoms with E-state index in [9.17, 15) is 0 Å². The number of likely N-dealkylation sites (N-methyl/N-ethyl adjacent to an activating group) is 1. The Morgan fingerprint density at radius 3 is 2.56 bits per heavy atom. The van der Waals surface area contributed by atoms with Crippen LogP contribution >= 0.6 is 34.8 Å². The van der Waals surface area contributed by atoms with Gasteiger partial charge < -0.3 is 4.98 Å². The highest BCUT2D eigenvalue weighted by atomic mass is 35.5. The van der Waals surface area contributed by atoms with Crippen LogP contribution in [0, 0.1) is 0 Å². The first-order chi connectivity index (χ1) is 13.0. The SMILES string of the molecule is CN1C2CC[C@@H]1C[C@H](c1ccc(Cl)cc1)[C@@H]2c1nc2cc(Cl)c(Cl)cc2[nH]1. The van der Waals surface area contributed by atoms with Gasteiger partial charge in [-0.3, -0.25) is 4.90 Å². The normalized spacial score (nSPS) is 28.1. The van der Waals surface area contributed by atoms with Crippen LogP contribution in [0.15, 0.2) is 36.4 Å². The molecule has 4 atom stereocenters. The molecule has 3 nitrogen and oxygen atoms in total. The van der Waals surface area contributed by atoms with E-state index in [-0.39, 0.29) is 0 Å². The number of nitrogens with one attached hydrogen (secondary N) is 1. The Morgan fingerprint density at radius 2 is 1.78 bits per heavy atom. The fourth-order valence-electron chi connectivity index (χ4n) is 5.07. The molecule has 0 radical (unpaired) electrons. The van der Waals surface area contributed by atoms with E-state index in [2.05, 4.69) is 29.1 Å². The van der Waals surface area contributed by atoms with Gasteiger partial charge in [-0.05, 0) is 62.1 Å². The topological polar surface area (TPSA) is 31.9 Å². The zero-order valence-corrected chi connectivity index (χ0v) is 17.2. The van der Waals surface area contributed by atoms with E-state index in [1.807, 2.05) is 24.3 Å². The number of rotatable bonds is 2. The van der Waals surface area contributed by atoms with Crippen molar-refractivity contribution in [3.8, 4) is 0 Å². The van der Waals surface area contributed by atoms with Gasteiger partial charge in [0.1, 0.15) is 5.82 Å². The Balaban J connectivity index is 1.62. The fraction of sp³-hybridized carbons (Fsp3) is 0.381. The number of imidazole rings is 1. The van der Waals surface area contributed by atoms with Crippen LogP contribution in [0.1, 0.15) is 42.5 Å². The van der Waals surface area contributed by atoms with E-state index in [0.717, 1.165) is 28.3 Å². The van der Waals surface area contributed by atoms with Crippen LogP contribution in [0.5, 0.6) is 0 Å². The van der Waals surface area contributed by atoms with Crippen molar-refractivity contribution in [3.05, 3.63) is 62.9 Å². The number of fused-ring (bicyclic) bond motifs is 3. The number of aromatic nitrogens is 2. The van der Waals surface area contributed by atoms with Gasteiger partial charge in [0.25, 0.3) is 0 Å². The maximum atomic E-state index is 6.21. The molecule has 140 valence electrons. The Hall–Kier alpha value is -1.26. The molecule has 3 aromatic rings. The molecule has 27 heavy (non-hydrogen) atoms. The number of H-pyrrole nitrogens is 1. The average Bonchev–Trinajstić information content (AvgIpc) is 3.13. The number of aromatic amines is 1. The quantitative estimate of drug-likeness (QED) is 0.531. The van der Waals surface area contributed by atoms with E-state index >= 15 is 0 Å². The van der Waals surface area contributed by atoms with Gasteiger partial charge in [0.05, 0.1) is 21.1 Å². The summed E-state index contributed by atoms with van der Waals surface area (Å²) in [6.07, 6.45) is 3.59. The maximum Gasteiger partial charge on any atom is 0.112 e. The molecule has 2 aliphatic rings. The van der Waals surface area contributed by atoms with Crippen molar-refractivity contribution < 1.29 is 0 Å². The van der Waals surface area contributed by atoms with Crippen molar-refractivity contribution in [2.24, 2.45) is 0 Å². The van der Waals surface area contributed by atoms with Crippen molar-refractivity contribution in [3.63, 3.8) is 0 Å². The van der Waals surface area contributed by atoms with Crippen molar-refractivity contribution >= 4 is 45.8 Å². The molecular weight excluding hydrogens is 401 g/mol. The molecule has 2 saturated heterocycles. The summed E-state index contributed by atoms with van der Waals surface area (Å²) < 4.78 is 0. The number of benzene rings is 2. The van der Waals surface area contributed by atoms with Crippen LogP contribution in [-0.2, 0) is 0 Å². The predicted molar refractivity (Wildman–Crippen MR) is 112 cm³/mol. The van der Waals surface area contributed by atoms with Gasteiger partial charge in [0.2, 0.25) is 0 Å². The van der Waals surface area contributed by atoms with Crippen molar-refractivity contribution in [2.75, 3.05) is 7.05 Å². The summed E-state index contributed by atoms with van der Waals surface area (Å²) in [5.41, 5.74) is 3.15. The number of hydrogen-bond acceptors (Lipinski definition) is 2. The molecule has 5 rings (SSSR count). The number of piperidine rings is 1. The Bertz CT molecular complexity index is 959. The van der Waals surface area contributed by atoms with Gasteiger partial charge in [0, 0.05) is 23.0 Å². The first-order valence-corrected chi connectivity index (χ1v) is 10.5. The van der Waals surface area contributed by atoms with Crippen LogP contribution in [0.3, 0.4) is 0 Å². The molecule has 0 spiro atoms. The molecule has 3 heterocycles. The standard InChI is InChI=1S/C21H20Cl3N3/c1-27-13-6-7-19(27)20(14(8-13)11-2-4-12(22)5-3-11)21-25-17-9-15(23)16(24)10-18(17)26-21/h2-5,9-10,13-14,19-20H,6-8H2,1H3,(H,25,26)/t13-,14-,19?,20+/m1/s1. The van der Waals surface area contributed by atoms with Crippen molar-refractivity contribution in [1.82, 2.24) is 14.9 Å². The second kappa shape index (κ2) is 6.66. The van der Waals surface area contributed by atoms with Crippen LogP contribution in [0.2, 0.25) is 15.1 Å². The van der Waals surface area contributed by atoms with Crippen LogP contribution < -0.4 is 0 Å². The van der Waals surface area contributed by atoms with Gasteiger partial charge in [-0.1, -0.05) is 46.9 Å². The molecule has 0 saturated carbocycles. The third kappa shape index (κ3) is 2.96. The van der Waals surface area contributed by atoms with E-state index in [1.54, 1.807) is 0 Å². The highest BCUT2D eigenvalue weighted by molar-refractivity contribution is 6.42. The van der Waals surface area contributed by atoms with Gasteiger partial charge in [-0.25, -0.2) is 4.98 Å². The van der Waals surface area contributed by atoms with Crippen LogP contribution in [0.25, 0.3) is 11.0 Å². The monoisotopic (exact) mass is 419 g/mol. The third-order valence-corrected chi connectivity index (χ3v) is 7.40. The zero-order valence-electron chi connectivity index (χ0n) is 14.9. The summed E-state index contributed by atoms with van der Waals surface area (Å²) in [6, 6.07) is 13.2. The lowest BCUT2D eigenvalue weighted by molar-refractivity contribution is 0.134. The van der Waals surface area contributed by atoms with Crippen LogP contribution in [-0.4, -0.2) is 34.0 Å². The third-order valence-electron chi connectivity index (χ3n) is 6.42. The number of nitrogens with zero attached hydrogens (tertiary/aromatic N) is 2. The summed E-state index contributed by atoms with van der Waals surface area (Å²) in [4.78, 5) is 11.0. The summed E-state index contributed by atoms with van der Waals surface area (Å²) in [5.74, 6) is 1.75. The molecule has 1 N–H and O–H groups in total. The van der Waals surface area contributed by atoms with E-state index in [0.29, 0.717) is 34.0 Å². The first-order valence-electron chi connectivity index (χ1n) is 9.33. The molecular formula is C21H20Cl3N3. The predicted octanol–water partition coefficient (Wildman–Crippen LogP) is 6.26. The zero-order chi connectivity index (χ0) is 18.7. The van der Waals surface area contributed by atoms with E-state index in [4.69, 9.17) is 39.8 Å². The second-order valence-electron chi connectivity index (χ2n) is 7.79. The molecule has 6 heteroatoms. The summed E-state index contributed by atoms with van der Waals surface area (Å²) >= 11 is 18.5. The lowest BCUT2D eigenvalue weighted by Gasteiger charge is -2.42. The lowest BCUT2D eigenvalue weighted by atomic mass is 9.76. The van der Waals surface area contributed by atoms with Crippen molar-refractivity contribution in [2.45, 2.75) is 43.2 Å². The molecule has 2 fully saturated rings. The number of halogens is 3. The smallest absolute Gasteiger partial charge is 0.112 e. The van der Waals surface area contributed by atoms with E-state index in [1.165, 1.54) is 18.4 Å². The Morgan fingerprint density at radius 1 is 1.04 bits per heavy atom. The highest BCUT2D eigenvalue weighted by Crippen LogP contribution is 2.50. The summed E-state index contributed by atoms with van der Waals surface area (Å²) in [5, 5.41) is 1.87. The number of hydrogen-bond donors (Lipinski definition) is 1. The van der Waals surface area contributed by atoms with Crippen LogP contribution in [0.4, 0.5) is 0 Å².